The summed E-state index contributed by atoms with van der Waals surface area (Å²) in [6.45, 7) is 5.70. The molecule has 2 N–H and O–H groups in total. The second-order valence-electron chi connectivity index (χ2n) is 7.49. The molecule has 0 aromatic carbocycles. The van der Waals surface area contributed by atoms with Gasteiger partial charge >= 0.3 is 0 Å². The molecular weight excluding hydrogens is 427 g/mol. The van der Waals surface area contributed by atoms with Gasteiger partial charge in [-0.15, -0.1) is 24.0 Å². The van der Waals surface area contributed by atoms with Gasteiger partial charge in [-0.2, -0.15) is 0 Å². The Kier molecular flexibility index (Phi) is 6.30. The van der Waals surface area contributed by atoms with Crippen molar-refractivity contribution >= 4 is 29.9 Å². The SMILES string of the molecule is CCNC(=NCCn1cccc1)NC1C2CCOC2C12CCCC2.I. The third-order valence-electron chi connectivity index (χ3n) is 6.22. The fourth-order valence-corrected chi connectivity index (χ4v) is 5.17. The summed E-state index contributed by atoms with van der Waals surface area (Å²) in [5.74, 6) is 1.66. The highest BCUT2D eigenvalue weighted by molar-refractivity contribution is 14.0. The molecule has 3 aliphatic rings. The Morgan fingerprint density at radius 3 is 2.76 bits per heavy atom. The van der Waals surface area contributed by atoms with Crippen LogP contribution in [0, 0.1) is 11.3 Å². The van der Waals surface area contributed by atoms with Crippen molar-refractivity contribution in [2.24, 2.45) is 16.3 Å². The Balaban J connectivity index is 0.00000182. The van der Waals surface area contributed by atoms with Gasteiger partial charge in [-0.1, -0.05) is 12.8 Å². The molecule has 0 radical (unpaired) electrons. The molecule has 2 aliphatic carbocycles. The average molecular weight is 458 g/mol. The molecule has 3 fully saturated rings. The highest BCUT2D eigenvalue weighted by atomic mass is 127. The zero-order valence-corrected chi connectivity index (χ0v) is 17.4. The first-order valence-electron chi connectivity index (χ1n) is 9.61. The normalized spacial score (nSPS) is 29.8. The molecule has 0 amide bonds. The molecule has 3 unspecified atom stereocenters. The van der Waals surface area contributed by atoms with Crippen molar-refractivity contribution < 1.29 is 4.74 Å². The zero-order chi connectivity index (χ0) is 16.4. The van der Waals surface area contributed by atoms with Crippen LogP contribution in [0.3, 0.4) is 0 Å². The monoisotopic (exact) mass is 458 g/mol. The third-order valence-corrected chi connectivity index (χ3v) is 6.22. The van der Waals surface area contributed by atoms with E-state index < -0.39 is 0 Å². The van der Waals surface area contributed by atoms with Crippen LogP contribution in [0.25, 0.3) is 0 Å². The molecule has 0 bridgehead atoms. The summed E-state index contributed by atoms with van der Waals surface area (Å²) in [6, 6.07) is 4.66. The molecule has 1 spiro atoms. The number of rotatable bonds is 5. The molecule has 1 aliphatic heterocycles. The van der Waals surface area contributed by atoms with Crippen LogP contribution in [-0.4, -0.2) is 42.4 Å². The Morgan fingerprint density at radius 2 is 2.04 bits per heavy atom. The summed E-state index contributed by atoms with van der Waals surface area (Å²) in [5.41, 5.74) is 0.373. The van der Waals surface area contributed by atoms with Gasteiger partial charge in [0.05, 0.1) is 12.6 Å². The van der Waals surface area contributed by atoms with E-state index in [0.717, 1.165) is 32.2 Å². The number of aliphatic imine (C=N–C) groups is 1. The minimum absolute atomic E-state index is 0. The molecule has 1 saturated heterocycles. The molecule has 6 heteroatoms. The minimum Gasteiger partial charge on any atom is -0.377 e. The lowest BCUT2D eigenvalue weighted by atomic mass is 9.54. The highest BCUT2D eigenvalue weighted by Gasteiger charge is 2.65. The predicted octanol–water partition coefficient (Wildman–Crippen LogP) is 3.01. The van der Waals surface area contributed by atoms with E-state index in [0.29, 0.717) is 23.5 Å². The second-order valence-corrected chi connectivity index (χ2v) is 7.49. The third kappa shape index (κ3) is 3.56. The zero-order valence-electron chi connectivity index (χ0n) is 15.1. The summed E-state index contributed by atoms with van der Waals surface area (Å²) in [6.07, 6.45) is 11.2. The van der Waals surface area contributed by atoms with Gasteiger partial charge in [0.1, 0.15) is 0 Å². The van der Waals surface area contributed by atoms with Gasteiger partial charge in [0, 0.05) is 49.5 Å². The number of guanidine groups is 1. The van der Waals surface area contributed by atoms with Crippen molar-refractivity contribution in [1.82, 2.24) is 15.2 Å². The van der Waals surface area contributed by atoms with Crippen LogP contribution in [0.4, 0.5) is 0 Å². The van der Waals surface area contributed by atoms with E-state index in [2.05, 4.69) is 46.7 Å². The van der Waals surface area contributed by atoms with Crippen LogP contribution in [0.5, 0.6) is 0 Å². The van der Waals surface area contributed by atoms with Gasteiger partial charge in [-0.05, 0) is 38.3 Å². The van der Waals surface area contributed by atoms with E-state index in [-0.39, 0.29) is 24.0 Å². The van der Waals surface area contributed by atoms with E-state index >= 15 is 0 Å². The Morgan fingerprint density at radius 1 is 1.28 bits per heavy atom. The van der Waals surface area contributed by atoms with Gasteiger partial charge in [0.15, 0.2) is 5.96 Å². The minimum atomic E-state index is 0. The number of halogens is 1. The molecule has 5 nitrogen and oxygen atoms in total. The number of hydrogen-bond donors (Lipinski definition) is 2. The molecule has 4 rings (SSSR count). The molecule has 2 heterocycles. The van der Waals surface area contributed by atoms with Crippen LogP contribution in [0.2, 0.25) is 0 Å². The number of hydrogen-bond acceptors (Lipinski definition) is 2. The predicted molar refractivity (Wildman–Crippen MR) is 111 cm³/mol. The van der Waals surface area contributed by atoms with Crippen LogP contribution < -0.4 is 10.6 Å². The van der Waals surface area contributed by atoms with E-state index in [9.17, 15) is 0 Å². The van der Waals surface area contributed by atoms with E-state index in [4.69, 9.17) is 9.73 Å². The van der Waals surface area contributed by atoms with Crippen molar-refractivity contribution in [3.8, 4) is 0 Å². The molecule has 1 aromatic rings. The van der Waals surface area contributed by atoms with E-state index in [1.54, 1.807) is 0 Å². The summed E-state index contributed by atoms with van der Waals surface area (Å²) >= 11 is 0. The Bertz CT molecular complexity index is 568. The van der Waals surface area contributed by atoms with Crippen molar-refractivity contribution in [2.75, 3.05) is 19.7 Å². The highest BCUT2D eigenvalue weighted by Crippen LogP contribution is 2.60. The van der Waals surface area contributed by atoms with Crippen molar-refractivity contribution in [1.29, 1.82) is 0 Å². The molecular formula is C19H31IN4O. The maximum Gasteiger partial charge on any atom is 0.191 e. The van der Waals surface area contributed by atoms with E-state index in [1.165, 1.54) is 32.1 Å². The van der Waals surface area contributed by atoms with Crippen LogP contribution in [0.15, 0.2) is 29.5 Å². The van der Waals surface area contributed by atoms with Gasteiger partial charge in [0.2, 0.25) is 0 Å². The molecule has 25 heavy (non-hydrogen) atoms. The summed E-state index contributed by atoms with van der Waals surface area (Å²) in [5, 5.41) is 7.23. The molecule has 3 atom stereocenters. The number of nitrogens with zero attached hydrogens (tertiary/aromatic N) is 2. The first-order valence-corrected chi connectivity index (χ1v) is 9.61. The van der Waals surface area contributed by atoms with Gasteiger partial charge in [0.25, 0.3) is 0 Å². The Hall–Kier alpha value is -0.760. The van der Waals surface area contributed by atoms with Crippen LogP contribution in [0.1, 0.15) is 39.0 Å². The summed E-state index contributed by atoms with van der Waals surface area (Å²) < 4.78 is 8.26. The standard InChI is InChI=1S/C19H30N4O.HI/c1-2-20-18(21-10-13-23-11-5-6-12-23)22-16-15-7-14-24-17(15)19(16)8-3-4-9-19;/h5-6,11-12,15-17H,2-4,7-10,13-14H2,1H3,(H2,20,21,22);1H. The van der Waals surface area contributed by atoms with Crippen LogP contribution in [-0.2, 0) is 11.3 Å². The molecule has 140 valence electrons. The van der Waals surface area contributed by atoms with Gasteiger partial charge in [-0.3, -0.25) is 4.99 Å². The first kappa shape index (κ1) is 19.0. The second kappa shape index (κ2) is 8.29. The maximum absolute atomic E-state index is 6.09. The number of aromatic nitrogens is 1. The largest absolute Gasteiger partial charge is 0.377 e. The fourth-order valence-electron chi connectivity index (χ4n) is 5.17. The van der Waals surface area contributed by atoms with Gasteiger partial charge < -0.3 is 19.9 Å². The van der Waals surface area contributed by atoms with Crippen molar-refractivity contribution in [3.63, 3.8) is 0 Å². The lowest BCUT2D eigenvalue weighted by Crippen LogP contribution is -2.69. The number of fused-ring (bicyclic) bond motifs is 2. The van der Waals surface area contributed by atoms with Crippen molar-refractivity contribution in [2.45, 2.75) is 57.7 Å². The lowest BCUT2D eigenvalue weighted by Gasteiger charge is -2.57. The van der Waals surface area contributed by atoms with E-state index in [1.807, 2.05) is 0 Å². The summed E-state index contributed by atoms with van der Waals surface area (Å²) in [4.78, 5) is 4.81. The molecule has 2 saturated carbocycles. The van der Waals surface area contributed by atoms with Gasteiger partial charge in [-0.25, -0.2) is 0 Å². The summed E-state index contributed by atoms with van der Waals surface area (Å²) in [7, 11) is 0. The number of nitrogens with one attached hydrogen (secondary N) is 2. The quantitative estimate of drug-likeness (QED) is 0.405. The first-order chi connectivity index (χ1) is 11.8. The smallest absolute Gasteiger partial charge is 0.191 e. The van der Waals surface area contributed by atoms with Crippen molar-refractivity contribution in [3.05, 3.63) is 24.5 Å². The maximum atomic E-state index is 6.09. The average Bonchev–Trinajstić information content (AvgIpc) is 3.31. The number of ether oxygens (including phenoxy) is 1. The Labute approximate surface area is 168 Å². The lowest BCUT2D eigenvalue weighted by molar-refractivity contribution is -0.125. The topological polar surface area (TPSA) is 50.6 Å². The molecule has 1 aromatic heterocycles. The van der Waals surface area contributed by atoms with Crippen LogP contribution >= 0.6 is 24.0 Å². The fraction of sp³-hybridized carbons (Fsp3) is 0.737.